The van der Waals surface area contributed by atoms with Crippen LogP contribution in [-0.2, 0) is 0 Å². The van der Waals surface area contributed by atoms with Crippen LogP contribution in [0.15, 0.2) is 12.4 Å². The average Bonchev–Trinajstić information content (AvgIpc) is 2.68. The molecule has 0 unspecified atom stereocenters. The Bertz CT molecular complexity index is 195. The molecule has 0 aromatic heterocycles. The first kappa shape index (κ1) is 16.7. The molecule has 1 rings (SSSR count). The summed E-state index contributed by atoms with van der Waals surface area (Å²) < 4.78 is 0. The fraction of sp³-hybridized carbons (Fsp3) is 0.786. The van der Waals surface area contributed by atoms with Crippen LogP contribution >= 0.6 is 0 Å². The first-order valence-electron chi connectivity index (χ1n) is 6.77. The van der Waals surface area contributed by atoms with Crippen molar-refractivity contribution in [1.29, 1.82) is 0 Å². The van der Waals surface area contributed by atoms with Crippen LogP contribution < -0.4 is 17.0 Å². The van der Waals surface area contributed by atoms with Crippen LogP contribution in [0.2, 0.25) is 0 Å². The molecule has 0 aromatic carbocycles. The van der Waals surface area contributed by atoms with Crippen molar-refractivity contribution in [2.45, 2.75) is 58.3 Å². The average molecular weight is 302 g/mol. The van der Waals surface area contributed by atoms with E-state index in [1.807, 2.05) is 18.1 Å². The Morgan fingerprint density at radius 3 is 2.00 bits per heavy atom. The lowest BCUT2D eigenvalue weighted by atomic mass is 10.1. The van der Waals surface area contributed by atoms with E-state index >= 15 is 0 Å². The molecule has 1 aliphatic heterocycles. The van der Waals surface area contributed by atoms with Crippen molar-refractivity contribution in [3.63, 3.8) is 0 Å². The highest BCUT2D eigenvalue weighted by Crippen LogP contribution is 2.12. The van der Waals surface area contributed by atoms with E-state index in [9.17, 15) is 0 Å². The number of unbranched alkanes of at least 4 members (excludes halogenated alkanes) is 7. The summed E-state index contributed by atoms with van der Waals surface area (Å²) in [5.74, 6) is 0. The van der Waals surface area contributed by atoms with Crippen molar-refractivity contribution < 1.29 is 17.0 Å². The summed E-state index contributed by atoms with van der Waals surface area (Å²) in [7, 11) is 2.02. The van der Waals surface area contributed by atoms with Gasteiger partial charge in [0.15, 0.2) is 0 Å². The van der Waals surface area contributed by atoms with Crippen LogP contribution in [0, 0.1) is 6.67 Å². The maximum Gasteiger partial charge on any atom is 0.564 e. The van der Waals surface area contributed by atoms with Gasteiger partial charge in [0.25, 0.3) is 0 Å². The monoisotopic (exact) mass is 301 g/mol. The minimum atomic E-state index is 0. The van der Waals surface area contributed by atoms with Crippen LogP contribution in [0.1, 0.15) is 58.3 Å². The quantitative estimate of drug-likeness (QED) is 0.460. The topological polar surface area (TPSA) is 6.48 Å². The molecule has 17 heavy (non-hydrogen) atoms. The zero-order chi connectivity index (χ0) is 11.6. The third-order valence-corrected chi connectivity index (χ3v) is 3.01. The fourth-order valence-electron chi connectivity index (χ4n) is 1.99. The third kappa shape index (κ3) is 8.42. The van der Waals surface area contributed by atoms with Gasteiger partial charge in [-0.25, -0.2) is 0 Å². The molecule has 0 aromatic rings. The molecule has 3 heteroatoms. The Morgan fingerprint density at radius 1 is 0.882 bits per heavy atom. The van der Waals surface area contributed by atoms with E-state index < -0.39 is 0 Å². The molecule has 0 saturated heterocycles. The zero-order valence-corrected chi connectivity index (χ0v) is 12.9. The summed E-state index contributed by atoms with van der Waals surface area (Å²) in [6.45, 7) is 6.62. The van der Waals surface area contributed by atoms with Crippen molar-refractivity contribution in [3.8, 4) is 0 Å². The van der Waals surface area contributed by atoms with E-state index in [2.05, 4.69) is 24.7 Å². The number of nitrogens with zero attached hydrogens (tertiary/aromatic N) is 2. The molecule has 0 aliphatic carbocycles. The minimum Gasteiger partial charge on any atom is -1.00 e. The third-order valence-electron chi connectivity index (χ3n) is 3.01. The summed E-state index contributed by atoms with van der Waals surface area (Å²) in [6, 6.07) is 0. The summed E-state index contributed by atoms with van der Waals surface area (Å²) in [6.07, 6.45) is 15.2. The van der Waals surface area contributed by atoms with Crippen LogP contribution in [0.3, 0.4) is 0 Å². The molecule has 0 spiro atoms. The molecular formula is C14H26BrN2. The Hall–Kier alpha value is -0.310. The lowest BCUT2D eigenvalue weighted by molar-refractivity contribution is -0.00000354. The van der Waals surface area contributed by atoms with Crippen molar-refractivity contribution in [2.24, 2.45) is 0 Å². The molecule has 1 radical (unpaired) electrons. The molecule has 2 nitrogen and oxygen atoms in total. The van der Waals surface area contributed by atoms with Crippen molar-refractivity contribution in [1.82, 2.24) is 9.80 Å². The summed E-state index contributed by atoms with van der Waals surface area (Å²) >= 11 is 0. The van der Waals surface area contributed by atoms with Gasteiger partial charge in [-0.1, -0.05) is 51.9 Å². The summed E-state index contributed by atoms with van der Waals surface area (Å²) in [5, 5.41) is 0. The number of hydrogen-bond donors (Lipinski definition) is 0. The van der Waals surface area contributed by atoms with Gasteiger partial charge in [0, 0.05) is 0 Å². The molecule has 0 N–H and O–H groups in total. The van der Waals surface area contributed by atoms with Gasteiger partial charge in [0.05, 0.1) is 26.0 Å². The Kier molecular flexibility index (Phi) is 10.6. The van der Waals surface area contributed by atoms with E-state index in [4.69, 9.17) is 0 Å². The van der Waals surface area contributed by atoms with Gasteiger partial charge in [0.1, 0.15) is 0 Å². The van der Waals surface area contributed by atoms with Crippen molar-refractivity contribution >= 4 is 0 Å². The lowest BCUT2D eigenvalue weighted by Gasteiger charge is -2.03. The van der Waals surface area contributed by atoms with Crippen LogP contribution in [-0.4, -0.2) is 23.4 Å². The molecule has 0 amide bonds. The highest BCUT2D eigenvalue weighted by atomic mass is 79.9. The van der Waals surface area contributed by atoms with Gasteiger partial charge in [-0.15, -0.1) is 9.80 Å². The SMILES string of the molecule is CCCCCCCCCCN1[C+]N(C)C=C1.[Br-]. The minimum absolute atomic E-state index is 0. The van der Waals surface area contributed by atoms with Crippen LogP contribution in [0.25, 0.3) is 0 Å². The highest BCUT2D eigenvalue weighted by Gasteiger charge is 2.26. The zero-order valence-electron chi connectivity index (χ0n) is 11.3. The van der Waals surface area contributed by atoms with Gasteiger partial charge in [-0.3, -0.25) is 0 Å². The van der Waals surface area contributed by atoms with Gasteiger partial charge < -0.3 is 17.0 Å². The smallest absolute Gasteiger partial charge is 0.564 e. The molecule has 0 saturated carbocycles. The van der Waals surface area contributed by atoms with Crippen molar-refractivity contribution in [2.75, 3.05) is 13.6 Å². The van der Waals surface area contributed by atoms with E-state index in [1.165, 1.54) is 51.4 Å². The molecule has 0 bridgehead atoms. The van der Waals surface area contributed by atoms with E-state index in [0.717, 1.165) is 6.54 Å². The van der Waals surface area contributed by atoms with Gasteiger partial charge >= 0.3 is 6.67 Å². The summed E-state index contributed by atoms with van der Waals surface area (Å²) in [5.41, 5.74) is 0. The largest absolute Gasteiger partial charge is 1.00 e. The fourth-order valence-corrected chi connectivity index (χ4v) is 1.99. The first-order chi connectivity index (χ1) is 7.83. The van der Waals surface area contributed by atoms with Crippen LogP contribution in [0.5, 0.6) is 0 Å². The van der Waals surface area contributed by atoms with E-state index in [0.29, 0.717) is 0 Å². The predicted molar refractivity (Wildman–Crippen MR) is 69.5 cm³/mol. The Labute approximate surface area is 118 Å². The lowest BCUT2D eigenvalue weighted by Crippen LogP contribution is -3.00. The molecule has 0 atom stereocenters. The number of hydrogen-bond acceptors (Lipinski definition) is 2. The summed E-state index contributed by atoms with van der Waals surface area (Å²) in [4.78, 5) is 4.13. The Morgan fingerprint density at radius 2 is 1.47 bits per heavy atom. The maximum absolute atomic E-state index is 3.23. The molecule has 1 heterocycles. The first-order valence-corrected chi connectivity index (χ1v) is 6.77. The second kappa shape index (κ2) is 10.8. The number of halogens is 1. The second-order valence-electron chi connectivity index (χ2n) is 4.68. The van der Waals surface area contributed by atoms with Crippen molar-refractivity contribution in [3.05, 3.63) is 19.1 Å². The molecule has 1 aliphatic rings. The Balaban J connectivity index is 0.00000256. The standard InChI is InChI=1S/C14H26N2.BrH/c1-3-4-5-6-7-8-9-10-11-16-13-12-15(2)14-16;/h12-13H,3-11H2,1-2H3;1H/q+1;/p-1. The van der Waals surface area contributed by atoms with Crippen LogP contribution in [0.4, 0.5) is 0 Å². The number of rotatable bonds is 9. The van der Waals surface area contributed by atoms with Gasteiger partial charge in [-0.05, 0) is 6.42 Å². The highest BCUT2D eigenvalue weighted by molar-refractivity contribution is 4.94. The molecule has 99 valence electrons. The normalized spacial score (nSPS) is 13.8. The maximum atomic E-state index is 3.23. The molecule has 0 fully saturated rings. The van der Waals surface area contributed by atoms with Gasteiger partial charge in [-0.2, -0.15) is 0 Å². The predicted octanol–water partition coefficient (Wildman–Crippen LogP) is 0.846. The van der Waals surface area contributed by atoms with E-state index in [-0.39, 0.29) is 17.0 Å². The van der Waals surface area contributed by atoms with Gasteiger partial charge in [0.2, 0.25) is 0 Å². The molecular weight excluding hydrogens is 276 g/mol. The van der Waals surface area contributed by atoms with E-state index in [1.54, 1.807) is 0 Å². The second-order valence-corrected chi connectivity index (χ2v) is 4.68.